The van der Waals surface area contributed by atoms with E-state index < -0.39 is 5.97 Å². The highest BCUT2D eigenvalue weighted by Gasteiger charge is 2.11. The minimum Gasteiger partial charge on any atom is -0.465 e. The topological polar surface area (TPSA) is 75.7 Å². The molecule has 6 nitrogen and oxygen atoms in total. The molecule has 0 saturated carbocycles. The minimum atomic E-state index is -0.392. The van der Waals surface area contributed by atoms with Crippen LogP contribution in [0.3, 0.4) is 0 Å². The highest BCUT2D eigenvalue weighted by Crippen LogP contribution is 2.10. The summed E-state index contributed by atoms with van der Waals surface area (Å²) >= 11 is 5.80. The largest absolute Gasteiger partial charge is 0.465 e. The smallest absolute Gasteiger partial charge is 0.337 e. The van der Waals surface area contributed by atoms with Gasteiger partial charge in [-0.1, -0.05) is 23.7 Å². The average Bonchev–Trinajstić information content (AvgIpc) is 2.71. The number of nitrogens with zero attached hydrogens (tertiary/aromatic N) is 1. The Kier molecular flexibility index (Phi) is 8.02. The first kappa shape index (κ1) is 21.4. The molecule has 7 heteroatoms. The molecule has 28 heavy (non-hydrogen) atoms. The van der Waals surface area contributed by atoms with Crippen LogP contribution in [-0.4, -0.2) is 43.4 Å². The number of methoxy groups -OCH3 is 1. The van der Waals surface area contributed by atoms with E-state index in [-0.39, 0.29) is 11.8 Å². The Morgan fingerprint density at radius 2 is 1.61 bits per heavy atom. The summed E-state index contributed by atoms with van der Waals surface area (Å²) in [5, 5.41) is 3.36. The number of amides is 2. The monoisotopic (exact) mass is 402 g/mol. The first-order valence-corrected chi connectivity index (χ1v) is 9.23. The molecule has 2 rings (SSSR count). The van der Waals surface area contributed by atoms with Gasteiger partial charge < -0.3 is 15.0 Å². The summed E-state index contributed by atoms with van der Waals surface area (Å²) in [7, 11) is 3.06. The number of ether oxygens (including phenoxy) is 1. The first-order chi connectivity index (χ1) is 13.4. The molecule has 148 valence electrons. The second-order valence-corrected chi connectivity index (χ2v) is 6.74. The fourth-order valence-electron chi connectivity index (χ4n) is 2.56. The normalized spacial score (nSPS) is 10.2. The van der Waals surface area contributed by atoms with Crippen LogP contribution in [0.4, 0.5) is 0 Å². The number of hydrogen-bond acceptors (Lipinski definition) is 4. The predicted octanol–water partition coefficient (Wildman–Crippen LogP) is 3.30. The van der Waals surface area contributed by atoms with Crippen molar-refractivity contribution in [3.05, 3.63) is 70.2 Å². The zero-order valence-electron chi connectivity index (χ0n) is 15.9. The van der Waals surface area contributed by atoms with Gasteiger partial charge in [0.15, 0.2) is 0 Å². The van der Waals surface area contributed by atoms with Gasteiger partial charge in [-0.2, -0.15) is 0 Å². The summed E-state index contributed by atoms with van der Waals surface area (Å²) in [6, 6.07) is 13.6. The summed E-state index contributed by atoms with van der Waals surface area (Å²) in [5.41, 5.74) is 1.92. The van der Waals surface area contributed by atoms with Crippen molar-refractivity contribution in [2.24, 2.45) is 0 Å². The van der Waals surface area contributed by atoms with E-state index in [1.165, 1.54) is 7.11 Å². The maximum atomic E-state index is 12.2. The number of benzene rings is 2. The van der Waals surface area contributed by atoms with Crippen LogP contribution >= 0.6 is 11.6 Å². The van der Waals surface area contributed by atoms with Gasteiger partial charge in [-0.3, -0.25) is 9.59 Å². The van der Waals surface area contributed by atoms with Gasteiger partial charge in [-0.15, -0.1) is 0 Å². The van der Waals surface area contributed by atoms with Crippen molar-refractivity contribution in [2.75, 3.05) is 20.7 Å². The van der Waals surface area contributed by atoms with Gasteiger partial charge in [0.05, 0.1) is 12.7 Å². The summed E-state index contributed by atoms with van der Waals surface area (Å²) in [6.07, 6.45) is 0.876. The van der Waals surface area contributed by atoms with Gasteiger partial charge in [-0.25, -0.2) is 4.79 Å². The third-order valence-electron chi connectivity index (χ3n) is 4.18. The number of rotatable bonds is 8. The van der Waals surface area contributed by atoms with Crippen molar-refractivity contribution in [3.63, 3.8) is 0 Å². The van der Waals surface area contributed by atoms with Crippen LogP contribution in [-0.2, 0) is 16.1 Å². The Bertz CT molecular complexity index is 819. The molecule has 0 radical (unpaired) electrons. The number of hydrogen-bond donors (Lipinski definition) is 1. The number of esters is 1. The molecule has 0 aromatic heterocycles. The molecule has 1 N–H and O–H groups in total. The molecule has 0 spiro atoms. The van der Waals surface area contributed by atoms with Crippen molar-refractivity contribution < 1.29 is 19.1 Å². The van der Waals surface area contributed by atoms with Gasteiger partial charge in [0.25, 0.3) is 5.91 Å². The lowest BCUT2D eigenvalue weighted by Gasteiger charge is -2.17. The second-order valence-electron chi connectivity index (χ2n) is 6.30. The molecule has 0 aliphatic carbocycles. The molecular weight excluding hydrogens is 380 g/mol. The van der Waals surface area contributed by atoms with Crippen LogP contribution < -0.4 is 5.32 Å². The standard InChI is InChI=1S/C21H23ClN2O4/c1-24(14-15-5-7-17(8-6-15)21(27)28-2)19(25)4-3-13-23-20(26)16-9-11-18(22)12-10-16/h5-12H,3-4,13-14H2,1-2H3,(H,23,26). The highest BCUT2D eigenvalue weighted by atomic mass is 35.5. The number of carbonyl (C=O) groups excluding carboxylic acids is 3. The van der Waals surface area contributed by atoms with E-state index in [2.05, 4.69) is 10.1 Å². The summed E-state index contributed by atoms with van der Waals surface area (Å²) in [6.45, 7) is 0.853. The van der Waals surface area contributed by atoms with Crippen molar-refractivity contribution in [1.29, 1.82) is 0 Å². The van der Waals surface area contributed by atoms with Crippen molar-refractivity contribution in [2.45, 2.75) is 19.4 Å². The van der Waals surface area contributed by atoms with Crippen LogP contribution in [0.15, 0.2) is 48.5 Å². The quantitative estimate of drug-likeness (QED) is 0.543. The highest BCUT2D eigenvalue weighted by molar-refractivity contribution is 6.30. The fraction of sp³-hybridized carbons (Fsp3) is 0.286. The third kappa shape index (κ3) is 6.39. The lowest BCUT2D eigenvalue weighted by atomic mass is 10.1. The fourth-order valence-corrected chi connectivity index (χ4v) is 2.69. The van der Waals surface area contributed by atoms with Crippen molar-refractivity contribution in [1.82, 2.24) is 10.2 Å². The zero-order chi connectivity index (χ0) is 20.5. The molecule has 0 heterocycles. The molecular formula is C21H23ClN2O4. The molecule has 0 unspecified atom stereocenters. The van der Waals surface area contributed by atoms with E-state index in [9.17, 15) is 14.4 Å². The van der Waals surface area contributed by atoms with Gasteiger partial charge >= 0.3 is 5.97 Å². The van der Waals surface area contributed by atoms with Crippen LogP contribution in [0.1, 0.15) is 39.1 Å². The Morgan fingerprint density at radius 1 is 1.00 bits per heavy atom. The van der Waals surface area contributed by atoms with Gasteiger partial charge in [0.2, 0.25) is 5.91 Å². The maximum absolute atomic E-state index is 12.2. The van der Waals surface area contributed by atoms with Gasteiger partial charge in [0, 0.05) is 37.1 Å². The summed E-state index contributed by atoms with van der Waals surface area (Å²) in [5.74, 6) is -0.599. The molecule has 0 fully saturated rings. The SMILES string of the molecule is COC(=O)c1ccc(CN(C)C(=O)CCCNC(=O)c2ccc(Cl)cc2)cc1. The molecule has 2 aromatic carbocycles. The van der Waals surface area contributed by atoms with E-state index in [0.29, 0.717) is 42.1 Å². The summed E-state index contributed by atoms with van der Waals surface area (Å²) < 4.78 is 4.66. The average molecular weight is 403 g/mol. The predicted molar refractivity (Wildman–Crippen MR) is 107 cm³/mol. The van der Waals surface area contributed by atoms with Crippen LogP contribution in [0, 0.1) is 0 Å². The number of halogens is 1. The minimum absolute atomic E-state index is 0.0159. The third-order valence-corrected chi connectivity index (χ3v) is 4.43. The Labute approximate surface area is 169 Å². The van der Waals surface area contributed by atoms with Gasteiger partial charge in [-0.05, 0) is 48.4 Å². The Balaban J connectivity index is 1.72. The molecule has 0 bridgehead atoms. The van der Waals surface area contributed by atoms with E-state index in [0.717, 1.165) is 5.56 Å². The first-order valence-electron chi connectivity index (χ1n) is 8.85. The van der Waals surface area contributed by atoms with Crippen LogP contribution in [0.25, 0.3) is 0 Å². The molecule has 0 aliphatic rings. The molecule has 2 amide bonds. The Hall–Kier alpha value is -2.86. The number of nitrogens with one attached hydrogen (secondary N) is 1. The van der Waals surface area contributed by atoms with Crippen molar-refractivity contribution >= 4 is 29.4 Å². The maximum Gasteiger partial charge on any atom is 0.337 e. The van der Waals surface area contributed by atoms with Gasteiger partial charge in [0.1, 0.15) is 0 Å². The van der Waals surface area contributed by atoms with E-state index in [1.807, 2.05) is 0 Å². The van der Waals surface area contributed by atoms with E-state index in [4.69, 9.17) is 11.6 Å². The van der Waals surface area contributed by atoms with E-state index in [1.54, 1.807) is 60.5 Å². The molecule has 0 atom stereocenters. The van der Waals surface area contributed by atoms with Crippen molar-refractivity contribution in [3.8, 4) is 0 Å². The molecule has 0 aliphatic heterocycles. The van der Waals surface area contributed by atoms with Crippen LogP contribution in [0.5, 0.6) is 0 Å². The zero-order valence-corrected chi connectivity index (χ0v) is 16.7. The lowest BCUT2D eigenvalue weighted by Crippen LogP contribution is -2.28. The molecule has 0 saturated heterocycles. The summed E-state index contributed by atoms with van der Waals surface area (Å²) in [4.78, 5) is 37.3. The Morgan fingerprint density at radius 3 is 2.21 bits per heavy atom. The molecule has 2 aromatic rings. The number of carbonyl (C=O) groups is 3. The lowest BCUT2D eigenvalue weighted by molar-refractivity contribution is -0.130. The van der Waals surface area contributed by atoms with E-state index >= 15 is 0 Å². The second kappa shape index (κ2) is 10.5. The van der Waals surface area contributed by atoms with Crippen LogP contribution in [0.2, 0.25) is 5.02 Å².